The maximum absolute atomic E-state index is 4.35. The summed E-state index contributed by atoms with van der Waals surface area (Å²) in [7, 11) is 0. The average molecular weight is 185 g/mol. The molecule has 4 heteroatoms. The molecule has 0 aromatic carbocycles. The lowest BCUT2D eigenvalue weighted by Crippen LogP contribution is -1.90. The Kier molecular flexibility index (Phi) is 3.14. The van der Waals surface area contributed by atoms with E-state index < -0.39 is 0 Å². The fourth-order valence-corrected chi connectivity index (χ4v) is 1.45. The van der Waals surface area contributed by atoms with E-state index in [2.05, 4.69) is 42.9 Å². The predicted molar refractivity (Wildman–Crippen MR) is 51.5 cm³/mol. The van der Waals surface area contributed by atoms with Crippen LogP contribution < -0.4 is 0 Å². The molecule has 0 aliphatic rings. The van der Waals surface area contributed by atoms with Crippen LogP contribution in [-0.4, -0.2) is 20.4 Å². The highest BCUT2D eigenvalue weighted by atomic mass is 32.2. The average Bonchev–Trinajstić information content (AvgIpc) is 2.34. The van der Waals surface area contributed by atoms with Crippen LogP contribution in [0, 0.1) is 0 Å². The quantitative estimate of drug-likeness (QED) is 0.735. The van der Waals surface area contributed by atoms with Gasteiger partial charge in [-0.1, -0.05) is 39.5 Å². The number of hydrogen-bond acceptors (Lipinski definition) is 3. The molecule has 0 saturated heterocycles. The monoisotopic (exact) mass is 185 g/mol. The van der Waals surface area contributed by atoms with Gasteiger partial charge in [-0.25, -0.2) is 4.98 Å². The Labute approximate surface area is 77.4 Å². The highest BCUT2D eigenvalue weighted by Crippen LogP contribution is 2.19. The van der Waals surface area contributed by atoms with Crippen LogP contribution in [0.2, 0.25) is 0 Å². The molecule has 0 fully saturated rings. The number of H-pyrrole nitrogens is 1. The second-order valence-corrected chi connectivity index (χ2v) is 4.87. The van der Waals surface area contributed by atoms with Crippen LogP contribution >= 0.6 is 11.8 Å². The third-order valence-electron chi connectivity index (χ3n) is 1.37. The van der Waals surface area contributed by atoms with Crippen LogP contribution in [0.5, 0.6) is 0 Å². The molecular formula is C8H15N3S. The van der Waals surface area contributed by atoms with Crippen LogP contribution in [-0.2, 0) is 0 Å². The number of thioether (sulfide) groups is 1. The van der Waals surface area contributed by atoms with Gasteiger partial charge in [-0.2, -0.15) is 0 Å². The third-order valence-corrected chi connectivity index (χ3v) is 2.23. The van der Waals surface area contributed by atoms with E-state index in [0.29, 0.717) is 11.2 Å². The molecule has 12 heavy (non-hydrogen) atoms. The van der Waals surface area contributed by atoms with Gasteiger partial charge in [0.15, 0.2) is 0 Å². The lowest BCUT2D eigenvalue weighted by Gasteiger charge is -1.97. The zero-order chi connectivity index (χ0) is 9.14. The van der Waals surface area contributed by atoms with E-state index in [1.807, 2.05) is 0 Å². The van der Waals surface area contributed by atoms with E-state index in [1.165, 1.54) is 0 Å². The first-order valence-corrected chi connectivity index (χ1v) is 5.06. The Balaban J connectivity index is 2.64. The van der Waals surface area contributed by atoms with Crippen molar-refractivity contribution in [2.45, 2.75) is 44.0 Å². The number of aromatic amines is 1. The zero-order valence-electron chi connectivity index (χ0n) is 7.96. The van der Waals surface area contributed by atoms with E-state index in [1.54, 1.807) is 11.8 Å². The number of nitrogens with zero attached hydrogens (tertiary/aromatic N) is 2. The van der Waals surface area contributed by atoms with E-state index in [4.69, 9.17) is 0 Å². The van der Waals surface area contributed by atoms with Crippen LogP contribution in [0.15, 0.2) is 5.16 Å². The molecule has 0 saturated carbocycles. The lowest BCUT2D eigenvalue weighted by molar-refractivity contribution is 0.780. The molecule has 0 radical (unpaired) electrons. The standard InChI is InChI=1S/C8H15N3S/c1-5(2)7-9-8(11-10-7)12-6(3)4/h5-6H,1-4H3,(H,9,10,11). The van der Waals surface area contributed by atoms with Crippen LogP contribution in [0.3, 0.4) is 0 Å². The maximum atomic E-state index is 4.35. The fraction of sp³-hybridized carbons (Fsp3) is 0.750. The largest absolute Gasteiger partial charge is 0.262 e. The van der Waals surface area contributed by atoms with Crippen molar-refractivity contribution < 1.29 is 0 Å². The summed E-state index contributed by atoms with van der Waals surface area (Å²) in [6.45, 7) is 8.47. The van der Waals surface area contributed by atoms with Gasteiger partial charge in [0.1, 0.15) is 5.82 Å². The van der Waals surface area contributed by atoms with Crippen molar-refractivity contribution in [3.05, 3.63) is 5.82 Å². The molecule has 0 bridgehead atoms. The van der Waals surface area contributed by atoms with Gasteiger partial charge in [-0.15, -0.1) is 5.10 Å². The molecule has 1 aromatic heterocycles. The summed E-state index contributed by atoms with van der Waals surface area (Å²) in [6.07, 6.45) is 0. The minimum absolute atomic E-state index is 0.430. The fourth-order valence-electron chi connectivity index (χ4n) is 0.780. The second kappa shape index (κ2) is 3.94. The van der Waals surface area contributed by atoms with Gasteiger partial charge in [-0.05, 0) is 0 Å². The molecular weight excluding hydrogens is 170 g/mol. The van der Waals surface area contributed by atoms with E-state index in [9.17, 15) is 0 Å². The van der Waals surface area contributed by atoms with Gasteiger partial charge in [0.25, 0.3) is 0 Å². The second-order valence-electron chi connectivity index (χ2n) is 3.32. The van der Waals surface area contributed by atoms with Crippen LogP contribution in [0.4, 0.5) is 0 Å². The Hall–Kier alpha value is -0.510. The Bertz CT molecular complexity index is 242. The molecule has 0 unspecified atom stereocenters. The molecule has 1 aromatic rings. The molecule has 1 heterocycles. The van der Waals surface area contributed by atoms with Gasteiger partial charge in [0.2, 0.25) is 5.16 Å². The normalized spacial score (nSPS) is 11.5. The molecule has 0 aliphatic heterocycles. The van der Waals surface area contributed by atoms with Gasteiger partial charge in [0, 0.05) is 11.2 Å². The predicted octanol–water partition coefficient (Wildman–Crippen LogP) is 2.43. The van der Waals surface area contributed by atoms with E-state index in [-0.39, 0.29) is 0 Å². The number of nitrogens with one attached hydrogen (secondary N) is 1. The van der Waals surface area contributed by atoms with Crippen molar-refractivity contribution >= 4 is 11.8 Å². The summed E-state index contributed by atoms with van der Waals surface area (Å²) >= 11 is 1.68. The Morgan fingerprint density at radius 3 is 2.33 bits per heavy atom. The van der Waals surface area contributed by atoms with Crippen molar-refractivity contribution in [2.75, 3.05) is 0 Å². The minimum Gasteiger partial charge on any atom is -0.262 e. The smallest absolute Gasteiger partial charge is 0.208 e. The topological polar surface area (TPSA) is 41.6 Å². The lowest BCUT2D eigenvalue weighted by atomic mass is 10.2. The first-order chi connectivity index (χ1) is 5.59. The Morgan fingerprint density at radius 2 is 1.92 bits per heavy atom. The summed E-state index contributed by atoms with van der Waals surface area (Å²) in [4.78, 5) is 4.35. The zero-order valence-corrected chi connectivity index (χ0v) is 8.77. The minimum atomic E-state index is 0.430. The molecule has 1 rings (SSSR count). The van der Waals surface area contributed by atoms with Crippen LogP contribution in [0.1, 0.15) is 39.4 Å². The van der Waals surface area contributed by atoms with E-state index in [0.717, 1.165) is 11.0 Å². The maximum Gasteiger partial charge on any atom is 0.208 e. The van der Waals surface area contributed by atoms with Crippen molar-refractivity contribution in [1.82, 2.24) is 15.2 Å². The van der Waals surface area contributed by atoms with Crippen molar-refractivity contribution in [3.8, 4) is 0 Å². The van der Waals surface area contributed by atoms with Gasteiger partial charge >= 0.3 is 0 Å². The highest BCUT2D eigenvalue weighted by Gasteiger charge is 2.07. The van der Waals surface area contributed by atoms with Crippen molar-refractivity contribution in [2.24, 2.45) is 0 Å². The molecule has 1 N–H and O–H groups in total. The van der Waals surface area contributed by atoms with Gasteiger partial charge in [-0.3, -0.25) is 5.10 Å². The van der Waals surface area contributed by atoms with Crippen molar-refractivity contribution in [1.29, 1.82) is 0 Å². The first-order valence-electron chi connectivity index (χ1n) is 4.18. The van der Waals surface area contributed by atoms with Gasteiger partial charge < -0.3 is 0 Å². The number of rotatable bonds is 3. The van der Waals surface area contributed by atoms with Crippen LogP contribution in [0.25, 0.3) is 0 Å². The molecule has 0 aliphatic carbocycles. The highest BCUT2D eigenvalue weighted by molar-refractivity contribution is 7.99. The SMILES string of the molecule is CC(C)Sc1n[nH]c(C(C)C)n1. The molecule has 68 valence electrons. The summed E-state index contributed by atoms with van der Waals surface area (Å²) in [5, 5.41) is 8.43. The Morgan fingerprint density at radius 1 is 1.25 bits per heavy atom. The van der Waals surface area contributed by atoms with Gasteiger partial charge in [0.05, 0.1) is 0 Å². The first kappa shape index (κ1) is 9.58. The summed E-state index contributed by atoms with van der Waals surface area (Å²) in [5.41, 5.74) is 0. The molecule has 0 atom stereocenters. The third kappa shape index (κ3) is 2.52. The number of aromatic nitrogens is 3. The van der Waals surface area contributed by atoms with E-state index >= 15 is 0 Å². The summed E-state index contributed by atoms with van der Waals surface area (Å²) in [6, 6.07) is 0. The molecule has 0 amide bonds. The number of hydrogen-bond donors (Lipinski definition) is 1. The summed E-state index contributed by atoms with van der Waals surface area (Å²) < 4.78 is 0. The molecule has 0 spiro atoms. The van der Waals surface area contributed by atoms with Crippen molar-refractivity contribution in [3.63, 3.8) is 0 Å². The summed E-state index contributed by atoms with van der Waals surface area (Å²) in [5.74, 6) is 1.40. The molecule has 3 nitrogen and oxygen atoms in total.